The van der Waals surface area contributed by atoms with E-state index in [9.17, 15) is 0 Å². The molecule has 1 N–H and O–H groups in total. The van der Waals surface area contributed by atoms with E-state index in [1.54, 1.807) is 14.2 Å². The highest BCUT2D eigenvalue weighted by atomic mass is 16.5. The van der Waals surface area contributed by atoms with E-state index in [2.05, 4.69) is 23.5 Å². The molecule has 1 aromatic heterocycles. The van der Waals surface area contributed by atoms with Gasteiger partial charge in [0.1, 0.15) is 0 Å². The van der Waals surface area contributed by atoms with Crippen molar-refractivity contribution in [3.8, 4) is 0 Å². The van der Waals surface area contributed by atoms with Crippen LogP contribution in [-0.2, 0) is 16.0 Å². The Labute approximate surface area is 103 Å². The van der Waals surface area contributed by atoms with Crippen LogP contribution in [0.15, 0.2) is 12.4 Å². The molecule has 0 amide bonds. The minimum atomic E-state index is 0.377. The van der Waals surface area contributed by atoms with E-state index < -0.39 is 0 Å². The number of hydrogen-bond acceptors (Lipinski definition) is 4. The SMILES string of the molecule is COCCNCc1cnn(C(C)CCOC)c1. The fourth-order valence-electron chi connectivity index (χ4n) is 1.54. The molecule has 0 fully saturated rings. The smallest absolute Gasteiger partial charge is 0.0587 e. The molecule has 1 aromatic rings. The van der Waals surface area contributed by atoms with E-state index in [0.29, 0.717) is 6.04 Å². The minimum Gasteiger partial charge on any atom is -0.385 e. The summed E-state index contributed by atoms with van der Waals surface area (Å²) < 4.78 is 12.0. The Kier molecular flexibility index (Phi) is 6.84. The molecule has 5 nitrogen and oxygen atoms in total. The molecule has 0 radical (unpaired) electrons. The van der Waals surface area contributed by atoms with Crippen LogP contribution in [0.2, 0.25) is 0 Å². The van der Waals surface area contributed by atoms with Gasteiger partial charge in [-0.3, -0.25) is 4.68 Å². The van der Waals surface area contributed by atoms with Crippen LogP contribution in [0.1, 0.15) is 24.9 Å². The van der Waals surface area contributed by atoms with Crippen LogP contribution >= 0.6 is 0 Å². The fourth-order valence-corrected chi connectivity index (χ4v) is 1.54. The third-order valence-electron chi connectivity index (χ3n) is 2.66. The molecule has 0 aliphatic carbocycles. The normalized spacial score (nSPS) is 12.9. The lowest BCUT2D eigenvalue weighted by molar-refractivity contribution is 0.178. The van der Waals surface area contributed by atoms with Crippen molar-refractivity contribution in [3.05, 3.63) is 18.0 Å². The summed E-state index contributed by atoms with van der Waals surface area (Å²) in [6.07, 6.45) is 4.97. The van der Waals surface area contributed by atoms with Crippen molar-refractivity contribution in [3.63, 3.8) is 0 Å². The number of nitrogens with zero attached hydrogens (tertiary/aromatic N) is 2. The lowest BCUT2D eigenvalue weighted by Gasteiger charge is -2.10. The van der Waals surface area contributed by atoms with Gasteiger partial charge < -0.3 is 14.8 Å². The summed E-state index contributed by atoms with van der Waals surface area (Å²) in [7, 11) is 3.43. The van der Waals surface area contributed by atoms with E-state index in [4.69, 9.17) is 9.47 Å². The number of hydrogen-bond donors (Lipinski definition) is 1. The molecule has 17 heavy (non-hydrogen) atoms. The van der Waals surface area contributed by atoms with E-state index in [-0.39, 0.29) is 0 Å². The van der Waals surface area contributed by atoms with Crippen LogP contribution in [-0.4, -0.2) is 43.8 Å². The lowest BCUT2D eigenvalue weighted by atomic mass is 10.2. The van der Waals surface area contributed by atoms with Crippen LogP contribution in [0.25, 0.3) is 0 Å². The molecule has 0 aromatic carbocycles. The monoisotopic (exact) mass is 241 g/mol. The van der Waals surface area contributed by atoms with Gasteiger partial charge in [-0.05, 0) is 13.3 Å². The average Bonchev–Trinajstić information content (AvgIpc) is 2.80. The van der Waals surface area contributed by atoms with E-state index in [1.165, 1.54) is 5.56 Å². The summed E-state index contributed by atoms with van der Waals surface area (Å²) in [5.74, 6) is 0. The van der Waals surface area contributed by atoms with Gasteiger partial charge in [-0.25, -0.2) is 0 Å². The third kappa shape index (κ3) is 5.30. The minimum absolute atomic E-state index is 0.377. The zero-order chi connectivity index (χ0) is 12.5. The summed E-state index contributed by atoms with van der Waals surface area (Å²) in [6, 6.07) is 0.377. The predicted octanol–water partition coefficient (Wildman–Crippen LogP) is 1.22. The Morgan fingerprint density at radius 2 is 2.12 bits per heavy atom. The molecule has 1 rings (SSSR count). The van der Waals surface area contributed by atoms with Crippen molar-refractivity contribution in [2.45, 2.75) is 25.9 Å². The van der Waals surface area contributed by atoms with Gasteiger partial charge >= 0.3 is 0 Å². The fraction of sp³-hybridized carbons (Fsp3) is 0.750. The molecule has 0 aliphatic heterocycles. The van der Waals surface area contributed by atoms with Gasteiger partial charge in [-0.1, -0.05) is 0 Å². The summed E-state index contributed by atoms with van der Waals surface area (Å²) in [6.45, 7) is 5.34. The molecule has 98 valence electrons. The van der Waals surface area contributed by atoms with Crippen LogP contribution in [0.4, 0.5) is 0 Å². The first-order valence-corrected chi connectivity index (χ1v) is 5.99. The summed E-state index contributed by atoms with van der Waals surface area (Å²) in [5, 5.41) is 7.65. The number of methoxy groups -OCH3 is 2. The van der Waals surface area contributed by atoms with Crippen molar-refractivity contribution < 1.29 is 9.47 Å². The first-order valence-electron chi connectivity index (χ1n) is 5.99. The van der Waals surface area contributed by atoms with Gasteiger partial charge in [0, 0.05) is 45.7 Å². The molecule has 5 heteroatoms. The van der Waals surface area contributed by atoms with Crippen LogP contribution in [0, 0.1) is 0 Å². The summed E-state index contributed by atoms with van der Waals surface area (Å²) >= 11 is 0. The van der Waals surface area contributed by atoms with E-state index in [0.717, 1.165) is 32.7 Å². The van der Waals surface area contributed by atoms with Crippen molar-refractivity contribution in [1.82, 2.24) is 15.1 Å². The second kappa shape index (κ2) is 8.22. The van der Waals surface area contributed by atoms with Gasteiger partial charge in [0.05, 0.1) is 18.8 Å². The van der Waals surface area contributed by atoms with E-state index in [1.807, 2.05) is 10.9 Å². The topological polar surface area (TPSA) is 48.3 Å². The molecule has 0 bridgehead atoms. The lowest BCUT2D eigenvalue weighted by Crippen LogP contribution is -2.18. The number of rotatable bonds is 9. The van der Waals surface area contributed by atoms with Gasteiger partial charge in [0.15, 0.2) is 0 Å². The van der Waals surface area contributed by atoms with Crippen molar-refractivity contribution in [2.24, 2.45) is 0 Å². The Balaban J connectivity index is 2.31. The first-order chi connectivity index (χ1) is 8.27. The number of nitrogens with one attached hydrogen (secondary N) is 1. The Morgan fingerprint density at radius 1 is 1.35 bits per heavy atom. The zero-order valence-electron chi connectivity index (χ0n) is 11.0. The molecule has 0 spiro atoms. The van der Waals surface area contributed by atoms with Crippen molar-refractivity contribution >= 4 is 0 Å². The average molecular weight is 241 g/mol. The molecule has 0 saturated heterocycles. The maximum absolute atomic E-state index is 5.07. The van der Waals surface area contributed by atoms with Crippen molar-refractivity contribution in [2.75, 3.05) is 34.0 Å². The zero-order valence-corrected chi connectivity index (χ0v) is 11.0. The van der Waals surface area contributed by atoms with Crippen molar-refractivity contribution in [1.29, 1.82) is 0 Å². The highest BCUT2D eigenvalue weighted by Gasteiger charge is 2.06. The van der Waals surface area contributed by atoms with Crippen LogP contribution in [0.5, 0.6) is 0 Å². The standard InChI is InChI=1S/C12H23N3O2/c1-11(4-6-16-2)15-10-12(9-14-15)8-13-5-7-17-3/h9-11,13H,4-8H2,1-3H3. The number of ether oxygens (including phenoxy) is 2. The van der Waals surface area contributed by atoms with Gasteiger partial charge in [-0.2, -0.15) is 5.10 Å². The molecule has 1 unspecified atom stereocenters. The maximum atomic E-state index is 5.07. The van der Waals surface area contributed by atoms with Gasteiger partial charge in [0.2, 0.25) is 0 Å². The molecular weight excluding hydrogens is 218 g/mol. The highest BCUT2D eigenvalue weighted by molar-refractivity contribution is 5.03. The second-order valence-electron chi connectivity index (χ2n) is 4.13. The second-order valence-corrected chi connectivity index (χ2v) is 4.13. The Bertz CT molecular complexity index is 302. The molecular formula is C12H23N3O2. The Hall–Kier alpha value is -0.910. The molecule has 1 atom stereocenters. The highest BCUT2D eigenvalue weighted by Crippen LogP contribution is 2.10. The first kappa shape index (κ1) is 14.2. The quantitative estimate of drug-likeness (QED) is 0.660. The van der Waals surface area contributed by atoms with Gasteiger partial charge in [-0.15, -0.1) is 0 Å². The summed E-state index contributed by atoms with van der Waals surface area (Å²) in [4.78, 5) is 0. The van der Waals surface area contributed by atoms with Crippen LogP contribution in [0.3, 0.4) is 0 Å². The predicted molar refractivity (Wildman–Crippen MR) is 67.0 cm³/mol. The third-order valence-corrected chi connectivity index (χ3v) is 2.66. The summed E-state index contributed by atoms with van der Waals surface area (Å²) in [5.41, 5.74) is 1.20. The largest absolute Gasteiger partial charge is 0.385 e. The maximum Gasteiger partial charge on any atom is 0.0587 e. The molecule has 1 heterocycles. The molecule has 0 saturated carbocycles. The molecule has 0 aliphatic rings. The Morgan fingerprint density at radius 3 is 2.82 bits per heavy atom. The van der Waals surface area contributed by atoms with Crippen LogP contribution < -0.4 is 5.32 Å². The van der Waals surface area contributed by atoms with E-state index >= 15 is 0 Å². The number of aromatic nitrogens is 2. The van der Waals surface area contributed by atoms with Gasteiger partial charge in [0.25, 0.3) is 0 Å².